The second-order valence-electron chi connectivity index (χ2n) is 9.42. The number of rotatable bonds is 9. The Labute approximate surface area is 237 Å². The average molecular weight is 567 g/mol. The monoisotopic (exact) mass is 566 g/mol. The quantitative estimate of drug-likeness (QED) is 0.379. The summed E-state index contributed by atoms with van der Waals surface area (Å²) >= 11 is 7.96. The van der Waals surface area contributed by atoms with Crippen LogP contribution in [0, 0.1) is 0 Å². The maximum Gasteiger partial charge on any atom is 0.264 e. The number of methoxy groups -OCH3 is 1. The van der Waals surface area contributed by atoms with E-state index in [1.807, 2.05) is 60.0 Å². The van der Waals surface area contributed by atoms with E-state index in [0.29, 0.717) is 48.4 Å². The molecule has 1 unspecified atom stereocenters. The number of hydrogen-bond donors (Lipinski definition) is 0. The van der Waals surface area contributed by atoms with Gasteiger partial charge >= 0.3 is 0 Å². The molecule has 1 aromatic heterocycles. The first-order valence-electron chi connectivity index (χ1n) is 12.9. The molecule has 0 aliphatic carbocycles. The minimum atomic E-state index is -0.384. The van der Waals surface area contributed by atoms with E-state index in [4.69, 9.17) is 26.2 Å². The number of hydrogen-bond acceptors (Lipinski definition) is 7. The summed E-state index contributed by atoms with van der Waals surface area (Å²) in [5, 5.41) is 8.72. The Morgan fingerprint density at radius 2 is 1.95 bits per heavy atom. The van der Waals surface area contributed by atoms with Crippen molar-refractivity contribution in [1.29, 1.82) is 0 Å². The van der Waals surface area contributed by atoms with E-state index in [1.54, 1.807) is 18.1 Å². The van der Waals surface area contributed by atoms with Crippen LogP contribution in [0.1, 0.15) is 33.3 Å². The van der Waals surface area contributed by atoms with Gasteiger partial charge in [-0.1, -0.05) is 48.0 Å². The number of morpholine rings is 1. The Morgan fingerprint density at radius 1 is 1.13 bits per heavy atom. The first-order chi connectivity index (χ1) is 19.0. The van der Waals surface area contributed by atoms with Crippen molar-refractivity contribution in [3.05, 3.63) is 87.1 Å². The van der Waals surface area contributed by atoms with Gasteiger partial charge in [-0.05, 0) is 35.2 Å². The molecule has 2 aliphatic rings. The number of halogens is 1. The summed E-state index contributed by atoms with van der Waals surface area (Å²) < 4.78 is 10.9. The molecular formula is C29H31ClN4O4S. The van der Waals surface area contributed by atoms with Gasteiger partial charge in [0.2, 0.25) is 0 Å². The van der Waals surface area contributed by atoms with Gasteiger partial charge in [0.25, 0.3) is 11.8 Å². The Balaban J connectivity index is 1.41. The first-order valence-corrected chi connectivity index (χ1v) is 14.2. The van der Waals surface area contributed by atoms with E-state index in [9.17, 15) is 9.59 Å². The van der Waals surface area contributed by atoms with E-state index in [1.165, 1.54) is 16.3 Å². The standard InChI is InChI=1S/C29H31ClN4O4S/c1-37-22-7-4-6-21(18-22)25-19-26(23-8-2-3-9-24(23)30)34(31-25)28(35)20-33(29(36)27-10-5-17-39-27)12-11-32-13-15-38-16-14-32/h2-10,17-18,26H,11-16,19-20H2,1H3. The summed E-state index contributed by atoms with van der Waals surface area (Å²) in [6, 6.07) is 18.4. The number of nitrogens with zero attached hydrogens (tertiary/aromatic N) is 4. The molecule has 1 saturated heterocycles. The predicted octanol–water partition coefficient (Wildman–Crippen LogP) is 4.56. The molecule has 5 rings (SSSR count). The van der Waals surface area contributed by atoms with Gasteiger partial charge in [-0.15, -0.1) is 11.3 Å². The first kappa shape index (κ1) is 27.3. The van der Waals surface area contributed by atoms with E-state index < -0.39 is 0 Å². The van der Waals surface area contributed by atoms with Crippen LogP contribution in [0.5, 0.6) is 5.75 Å². The summed E-state index contributed by atoms with van der Waals surface area (Å²) in [4.78, 5) is 31.8. The third-order valence-electron chi connectivity index (χ3n) is 6.97. The summed E-state index contributed by atoms with van der Waals surface area (Å²) in [5.74, 6) is 0.298. The average Bonchev–Trinajstić information content (AvgIpc) is 3.67. The highest BCUT2D eigenvalue weighted by molar-refractivity contribution is 7.12. The molecule has 2 aromatic carbocycles. The topological polar surface area (TPSA) is 74.7 Å². The van der Waals surface area contributed by atoms with Crippen molar-refractivity contribution < 1.29 is 19.1 Å². The lowest BCUT2D eigenvalue weighted by Gasteiger charge is -2.31. The zero-order valence-electron chi connectivity index (χ0n) is 21.8. The summed E-state index contributed by atoms with van der Waals surface area (Å²) in [6.07, 6.45) is 0.495. The van der Waals surface area contributed by atoms with E-state index in [0.717, 1.165) is 29.9 Å². The molecule has 8 nitrogen and oxygen atoms in total. The van der Waals surface area contributed by atoms with Gasteiger partial charge in [-0.2, -0.15) is 5.10 Å². The summed E-state index contributed by atoms with van der Waals surface area (Å²) in [7, 11) is 1.62. The van der Waals surface area contributed by atoms with Crippen molar-refractivity contribution in [3.63, 3.8) is 0 Å². The van der Waals surface area contributed by atoms with Crippen LogP contribution in [0.15, 0.2) is 71.1 Å². The number of carbonyl (C=O) groups excluding carboxylic acids is 2. The highest BCUT2D eigenvalue weighted by Gasteiger charge is 2.35. The van der Waals surface area contributed by atoms with Crippen LogP contribution in [0.25, 0.3) is 0 Å². The highest BCUT2D eigenvalue weighted by Crippen LogP contribution is 2.36. The number of ether oxygens (including phenoxy) is 2. The van der Waals surface area contributed by atoms with Gasteiger partial charge in [0.15, 0.2) is 0 Å². The van der Waals surface area contributed by atoms with Crippen molar-refractivity contribution in [1.82, 2.24) is 14.8 Å². The summed E-state index contributed by atoms with van der Waals surface area (Å²) in [6.45, 7) is 3.98. The van der Waals surface area contributed by atoms with Crippen molar-refractivity contribution in [2.24, 2.45) is 5.10 Å². The fourth-order valence-electron chi connectivity index (χ4n) is 4.84. The molecule has 3 heterocycles. The van der Waals surface area contributed by atoms with Gasteiger partial charge in [0, 0.05) is 43.2 Å². The molecule has 3 aromatic rings. The lowest BCUT2D eigenvalue weighted by Crippen LogP contribution is -2.46. The molecule has 1 fully saturated rings. The predicted molar refractivity (Wildman–Crippen MR) is 153 cm³/mol. The molecule has 0 radical (unpaired) electrons. The third-order valence-corrected chi connectivity index (χ3v) is 8.17. The molecule has 0 saturated carbocycles. The molecule has 0 bridgehead atoms. The minimum Gasteiger partial charge on any atom is -0.497 e. The van der Waals surface area contributed by atoms with Gasteiger partial charge in [-0.25, -0.2) is 5.01 Å². The number of benzene rings is 2. The maximum absolute atomic E-state index is 13.9. The maximum atomic E-state index is 13.9. The van der Waals surface area contributed by atoms with Gasteiger partial charge < -0.3 is 14.4 Å². The highest BCUT2D eigenvalue weighted by atomic mass is 35.5. The molecule has 2 amide bonds. The van der Waals surface area contributed by atoms with Crippen LogP contribution in [-0.2, 0) is 9.53 Å². The van der Waals surface area contributed by atoms with E-state index >= 15 is 0 Å². The second-order valence-corrected chi connectivity index (χ2v) is 10.8. The van der Waals surface area contributed by atoms with Crippen LogP contribution < -0.4 is 4.74 Å². The summed E-state index contributed by atoms with van der Waals surface area (Å²) in [5.41, 5.74) is 2.45. The fraction of sp³-hybridized carbons (Fsp3) is 0.345. The lowest BCUT2D eigenvalue weighted by atomic mass is 9.98. The molecule has 204 valence electrons. The number of amides is 2. The van der Waals surface area contributed by atoms with Crippen LogP contribution in [0.3, 0.4) is 0 Å². The molecular weight excluding hydrogens is 536 g/mol. The van der Waals surface area contributed by atoms with E-state index in [2.05, 4.69) is 4.90 Å². The Hall–Kier alpha value is -3.24. The Morgan fingerprint density at radius 3 is 2.69 bits per heavy atom. The molecule has 1 atom stereocenters. The molecule has 39 heavy (non-hydrogen) atoms. The Bertz CT molecular complexity index is 1330. The number of hydrazone groups is 1. The van der Waals surface area contributed by atoms with Crippen molar-refractivity contribution in [2.45, 2.75) is 12.5 Å². The normalized spacial score (nSPS) is 17.6. The molecule has 0 spiro atoms. The minimum absolute atomic E-state index is 0.0864. The number of thiophene rings is 1. The molecule has 0 N–H and O–H groups in total. The zero-order chi connectivity index (χ0) is 27.2. The third kappa shape index (κ3) is 6.50. The SMILES string of the molecule is COc1cccc(C2=NN(C(=O)CN(CCN3CCOCC3)C(=O)c3cccs3)C(c3ccccc3Cl)C2)c1. The molecule has 10 heteroatoms. The lowest BCUT2D eigenvalue weighted by molar-refractivity contribution is -0.133. The van der Waals surface area contributed by atoms with Crippen molar-refractivity contribution >= 4 is 40.5 Å². The number of carbonyl (C=O) groups is 2. The van der Waals surface area contributed by atoms with Crippen LogP contribution >= 0.6 is 22.9 Å². The second kappa shape index (κ2) is 12.7. The zero-order valence-corrected chi connectivity index (χ0v) is 23.4. The van der Waals surface area contributed by atoms with Crippen LogP contribution in [0.2, 0.25) is 5.02 Å². The Kier molecular flexibility index (Phi) is 8.93. The van der Waals surface area contributed by atoms with Gasteiger partial charge in [-0.3, -0.25) is 14.5 Å². The van der Waals surface area contributed by atoms with Gasteiger partial charge in [0.05, 0.1) is 37.0 Å². The van der Waals surface area contributed by atoms with Crippen molar-refractivity contribution in [3.8, 4) is 5.75 Å². The van der Waals surface area contributed by atoms with Crippen LogP contribution in [-0.4, -0.2) is 85.4 Å². The largest absolute Gasteiger partial charge is 0.497 e. The van der Waals surface area contributed by atoms with Gasteiger partial charge in [0.1, 0.15) is 12.3 Å². The smallest absolute Gasteiger partial charge is 0.264 e. The van der Waals surface area contributed by atoms with Crippen molar-refractivity contribution in [2.75, 3.05) is 53.0 Å². The fourth-order valence-corrected chi connectivity index (χ4v) is 5.79. The van der Waals surface area contributed by atoms with E-state index in [-0.39, 0.29) is 24.4 Å². The van der Waals surface area contributed by atoms with Crippen LogP contribution in [0.4, 0.5) is 0 Å². The molecule has 2 aliphatic heterocycles.